The number of aryl methyl sites for hydroxylation is 1. The van der Waals surface area contributed by atoms with E-state index in [2.05, 4.69) is 4.98 Å². The van der Waals surface area contributed by atoms with Gasteiger partial charge in [-0.1, -0.05) is 13.8 Å². The smallest absolute Gasteiger partial charge is 0.250 e. The van der Waals surface area contributed by atoms with E-state index >= 15 is 0 Å². The summed E-state index contributed by atoms with van der Waals surface area (Å²) in [4.78, 5) is 15.3. The molecule has 0 atom stereocenters. The van der Waals surface area contributed by atoms with Gasteiger partial charge in [0.15, 0.2) is 0 Å². The summed E-state index contributed by atoms with van der Waals surface area (Å²) in [5, 5.41) is 0. The molecule has 1 aromatic heterocycles. The summed E-state index contributed by atoms with van der Waals surface area (Å²) in [6.45, 7) is 5.89. The Balaban J connectivity index is 3.26. The molecule has 1 rings (SSSR count). The first-order valence-corrected chi connectivity index (χ1v) is 4.29. The highest BCUT2D eigenvalue weighted by Crippen LogP contribution is 2.16. The molecular formula is C10H14N2O. The normalized spacial score (nSPS) is 10.5. The minimum Gasteiger partial charge on any atom is -0.366 e. The Kier molecular flexibility index (Phi) is 2.66. The fourth-order valence-corrected chi connectivity index (χ4v) is 1.23. The Bertz CT molecular complexity index is 332. The molecule has 0 unspecified atom stereocenters. The number of nitrogens with two attached hydrogens (primary N) is 1. The van der Waals surface area contributed by atoms with Crippen molar-refractivity contribution in [1.82, 2.24) is 4.98 Å². The van der Waals surface area contributed by atoms with Gasteiger partial charge in [0.1, 0.15) is 0 Å². The van der Waals surface area contributed by atoms with Crippen LogP contribution in [0.15, 0.2) is 12.1 Å². The van der Waals surface area contributed by atoms with E-state index in [1.54, 1.807) is 12.1 Å². The molecule has 0 aliphatic rings. The van der Waals surface area contributed by atoms with Crippen molar-refractivity contribution in [3.63, 3.8) is 0 Å². The van der Waals surface area contributed by atoms with Crippen molar-refractivity contribution in [1.29, 1.82) is 0 Å². The molecule has 0 radical (unpaired) electrons. The second kappa shape index (κ2) is 3.56. The van der Waals surface area contributed by atoms with Crippen LogP contribution in [0, 0.1) is 6.92 Å². The van der Waals surface area contributed by atoms with Gasteiger partial charge < -0.3 is 5.73 Å². The Morgan fingerprint density at radius 1 is 1.46 bits per heavy atom. The van der Waals surface area contributed by atoms with E-state index in [1.165, 1.54) is 0 Å². The maximum atomic E-state index is 11.0. The van der Waals surface area contributed by atoms with E-state index in [4.69, 9.17) is 5.73 Å². The number of amides is 1. The Morgan fingerprint density at radius 3 is 2.54 bits per heavy atom. The zero-order valence-electron chi connectivity index (χ0n) is 8.16. The average molecular weight is 178 g/mol. The average Bonchev–Trinajstić information content (AvgIpc) is 2.03. The third-order valence-corrected chi connectivity index (χ3v) is 1.88. The molecule has 0 aromatic carbocycles. The van der Waals surface area contributed by atoms with Crippen LogP contribution in [-0.4, -0.2) is 10.9 Å². The molecule has 70 valence electrons. The van der Waals surface area contributed by atoms with Gasteiger partial charge in [-0.3, -0.25) is 9.78 Å². The Hall–Kier alpha value is -1.38. The van der Waals surface area contributed by atoms with Crippen LogP contribution in [0.5, 0.6) is 0 Å². The highest BCUT2D eigenvalue weighted by molar-refractivity contribution is 5.94. The number of hydrogen-bond donors (Lipinski definition) is 1. The topological polar surface area (TPSA) is 56.0 Å². The molecule has 1 aromatic rings. The van der Waals surface area contributed by atoms with Crippen LogP contribution in [0.2, 0.25) is 0 Å². The summed E-state index contributed by atoms with van der Waals surface area (Å²) >= 11 is 0. The third kappa shape index (κ3) is 2.05. The number of rotatable bonds is 2. The van der Waals surface area contributed by atoms with Crippen LogP contribution in [0.3, 0.4) is 0 Å². The lowest BCUT2D eigenvalue weighted by Crippen LogP contribution is -2.15. The molecule has 0 fully saturated rings. The Morgan fingerprint density at radius 2 is 2.08 bits per heavy atom. The number of aromatic nitrogens is 1. The first kappa shape index (κ1) is 9.71. The van der Waals surface area contributed by atoms with Crippen molar-refractivity contribution in [2.75, 3.05) is 0 Å². The monoisotopic (exact) mass is 178 g/mol. The lowest BCUT2D eigenvalue weighted by atomic mass is 10.0. The summed E-state index contributed by atoms with van der Waals surface area (Å²) in [5.41, 5.74) is 7.45. The van der Waals surface area contributed by atoms with Crippen LogP contribution in [-0.2, 0) is 0 Å². The van der Waals surface area contributed by atoms with E-state index < -0.39 is 5.91 Å². The SMILES string of the molecule is Cc1ccc(C(N)=O)c(C(C)C)n1. The largest absolute Gasteiger partial charge is 0.366 e. The molecule has 1 heterocycles. The molecule has 2 N–H and O–H groups in total. The minimum absolute atomic E-state index is 0.224. The summed E-state index contributed by atoms with van der Waals surface area (Å²) in [6.07, 6.45) is 0. The highest BCUT2D eigenvalue weighted by atomic mass is 16.1. The summed E-state index contributed by atoms with van der Waals surface area (Å²) in [6, 6.07) is 3.53. The number of carbonyl (C=O) groups excluding carboxylic acids is 1. The molecular weight excluding hydrogens is 164 g/mol. The predicted octanol–water partition coefficient (Wildman–Crippen LogP) is 1.61. The standard InChI is InChI=1S/C10H14N2O/c1-6(2)9-8(10(11)13)5-4-7(3)12-9/h4-6H,1-3H3,(H2,11,13). The predicted molar refractivity (Wildman–Crippen MR) is 51.6 cm³/mol. The molecule has 13 heavy (non-hydrogen) atoms. The lowest BCUT2D eigenvalue weighted by Gasteiger charge is -2.09. The van der Waals surface area contributed by atoms with Crippen molar-refractivity contribution < 1.29 is 4.79 Å². The molecule has 1 amide bonds. The van der Waals surface area contributed by atoms with Crippen molar-refractivity contribution in [2.24, 2.45) is 5.73 Å². The fraction of sp³-hybridized carbons (Fsp3) is 0.400. The quantitative estimate of drug-likeness (QED) is 0.748. The summed E-state index contributed by atoms with van der Waals surface area (Å²) in [7, 11) is 0. The lowest BCUT2D eigenvalue weighted by molar-refractivity contribution is 0.0998. The molecule has 0 aliphatic carbocycles. The second-order valence-electron chi connectivity index (χ2n) is 3.40. The van der Waals surface area contributed by atoms with Gasteiger partial charge in [0, 0.05) is 5.69 Å². The van der Waals surface area contributed by atoms with E-state index in [0.717, 1.165) is 11.4 Å². The fourth-order valence-electron chi connectivity index (χ4n) is 1.23. The van der Waals surface area contributed by atoms with Crippen LogP contribution >= 0.6 is 0 Å². The number of hydrogen-bond acceptors (Lipinski definition) is 2. The Labute approximate surface area is 78.0 Å². The second-order valence-corrected chi connectivity index (χ2v) is 3.40. The van der Waals surface area contributed by atoms with E-state index in [1.807, 2.05) is 20.8 Å². The van der Waals surface area contributed by atoms with Crippen LogP contribution in [0.1, 0.15) is 41.5 Å². The van der Waals surface area contributed by atoms with Gasteiger partial charge in [0.2, 0.25) is 0 Å². The zero-order valence-corrected chi connectivity index (χ0v) is 8.16. The van der Waals surface area contributed by atoms with Gasteiger partial charge in [-0.05, 0) is 25.0 Å². The van der Waals surface area contributed by atoms with Crippen molar-refractivity contribution >= 4 is 5.91 Å². The van der Waals surface area contributed by atoms with Crippen LogP contribution < -0.4 is 5.73 Å². The maximum absolute atomic E-state index is 11.0. The minimum atomic E-state index is -0.406. The molecule has 3 nitrogen and oxygen atoms in total. The van der Waals surface area contributed by atoms with Crippen LogP contribution in [0.4, 0.5) is 0 Å². The molecule has 0 saturated carbocycles. The highest BCUT2D eigenvalue weighted by Gasteiger charge is 2.12. The first-order valence-electron chi connectivity index (χ1n) is 4.29. The van der Waals surface area contributed by atoms with Crippen LogP contribution in [0.25, 0.3) is 0 Å². The van der Waals surface area contributed by atoms with Gasteiger partial charge in [-0.2, -0.15) is 0 Å². The van der Waals surface area contributed by atoms with Crippen molar-refractivity contribution in [3.05, 3.63) is 29.1 Å². The van der Waals surface area contributed by atoms with Gasteiger partial charge >= 0.3 is 0 Å². The van der Waals surface area contributed by atoms with E-state index in [9.17, 15) is 4.79 Å². The van der Waals surface area contributed by atoms with Crippen molar-refractivity contribution in [3.8, 4) is 0 Å². The van der Waals surface area contributed by atoms with Gasteiger partial charge in [-0.15, -0.1) is 0 Å². The molecule has 0 saturated heterocycles. The van der Waals surface area contributed by atoms with Gasteiger partial charge in [0.05, 0.1) is 11.3 Å². The number of pyridine rings is 1. The molecule has 0 aliphatic heterocycles. The zero-order chi connectivity index (χ0) is 10.0. The summed E-state index contributed by atoms with van der Waals surface area (Å²) in [5.74, 6) is -0.182. The summed E-state index contributed by atoms with van der Waals surface area (Å²) < 4.78 is 0. The van der Waals surface area contributed by atoms with E-state index in [0.29, 0.717) is 5.56 Å². The number of nitrogens with zero attached hydrogens (tertiary/aromatic N) is 1. The first-order chi connectivity index (χ1) is 6.02. The number of carbonyl (C=O) groups is 1. The molecule has 0 bridgehead atoms. The van der Waals surface area contributed by atoms with Gasteiger partial charge in [-0.25, -0.2) is 0 Å². The third-order valence-electron chi connectivity index (χ3n) is 1.88. The molecule has 0 spiro atoms. The van der Waals surface area contributed by atoms with E-state index in [-0.39, 0.29) is 5.92 Å². The van der Waals surface area contributed by atoms with Gasteiger partial charge in [0.25, 0.3) is 5.91 Å². The van der Waals surface area contributed by atoms with Crippen molar-refractivity contribution in [2.45, 2.75) is 26.7 Å². The number of primary amides is 1. The maximum Gasteiger partial charge on any atom is 0.250 e. The molecule has 3 heteroatoms.